The third-order valence-electron chi connectivity index (χ3n) is 8.28. The second kappa shape index (κ2) is 9.93. The third-order valence-corrected chi connectivity index (χ3v) is 8.28. The van der Waals surface area contributed by atoms with Gasteiger partial charge in [0.05, 0.1) is 0 Å². The minimum Gasteiger partial charge on any atom is -0.457 e. The van der Waals surface area contributed by atoms with Crippen LogP contribution in [0.15, 0.2) is 66.3 Å². The van der Waals surface area contributed by atoms with E-state index in [0.29, 0.717) is 11.8 Å². The molecular weight excluding hydrogens is 422 g/mol. The van der Waals surface area contributed by atoms with Crippen LogP contribution in [-0.4, -0.2) is 24.0 Å². The average molecular weight is 462 g/mol. The summed E-state index contributed by atoms with van der Waals surface area (Å²) in [5, 5.41) is 3.38. The van der Waals surface area contributed by atoms with Crippen LogP contribution in [0.4, 0.5) is 0 Å². The summed E-state index contributed by atoms with van der Waals surface area (Å²) >= 11 is 0. The van der Waals surface area contributed by atoms with Crippen molar-refractivity contribution in [3.8, 4) is 0 Å². The minimum atomic E-state index is -0.871. The van der Waals surface area contributed by atoms with Crippen molar-refractivity contribution in [1.82, 2.24) is 5.32 Å². The lowest BCUT2D eigenvalue weighted by molar-refractivity contribution is -0.159. The zero-order chi connectivity index (χ0) is 24.5. The largest absolute Gasteiger partial charge is 0.457 e. The Balaban J connectivity index is 1.88. The van der Waals surface area contributed by atoms with E-state index in [1.54, 1.807) is 0 Å². The Morgan fingerprint density at radius 1 is 1.12 bits per heavy atom. The lowest BCUT2D eigenvalue weighted by Gasteiger charge is -2.48. The van der Waals surface area contributed by atoms with Crippen LogP contribution in [0.3, 0.4) is 0 Å². The zero-order valence-electron chi connectivity index (χ0n) is 21.2. The van der Waals surface area contributed by atoms with Gasteiger partial charge in [-0.25, -0.2) is 0 Å². The highest BCUT2D eigenvalue weighted by molar-refractivity contribution is 5.89. The lowest BCUT2D eigenvalue weighted by Crippen LogP contribution is -2.55. The normalized spacial score (nSPS) is 37.6. The molecule has 1 heterocycles. The fourth-order valence-electron chi connectivity index (χ4n) is 6.66. The molecular formula is C30H39NO3. The van der Waals surface area contributed by atoms with Crippen LogP contribution >= 0.6 is 0 Å². The molecule has 182 valence electrons. The highest BCUT2D eigenvalue weighted by Crippen LogP contribution is 2.56. The van der Waals surface area contributed by atoms with Crippen molar-refractivity contribution in [1.29, 1.82) is 0 Å². The van der Waals surface area contributed by atoms with Crippen molar-refractivity contribution < 1.29 is 14.3 Å². The van der Waals surface area contributed by atoms with Gasteiger partial charge in [0.25, 0.3) is 0 Å². The molecule has 0 radical (unpaired) electrons. The molecule has 4 heteroatoms. The van der Waals surface area contributed by atoms with E-state index in [2.05, 4.69) is 69.4 Å². The van der Waals surface area contributed by atoms with E-state index >= 15 is 0 Å². The quantitative estimate of drug-likeness (QED) is 0.467. The summed E-state index contributed by atoms with van der Waals surface area (Å²) in [6.07, 6.45) is 13.1. The first kappa shape index (κ1) is 24.5. The number of amides is 1. The second-order valence-electron chi connectivity index (χ2n) is 10.9. The van der Waals surface area contributed by atoms with Crippen molar-refractivity contribution >= 4 is 11.9 Å². The fraction of sp³-hybridized carbons (Fsp3) is 0.533. The Kier molecular flexibility index (Phi) is 7.16. The van der Waals surface area contributed by atoms with Gasteiger partial charge in [0.2, 0.25) is 5.91 Å². The molecule has 34 heavy (non-hydrogen) atoms. The SMILES string of the molecule is CC(=O)OC1C=CC(C)CC(C)CC=CC2C=C(C)C(C)C3C(Cc4ccccc4)NC(=O)C213. The lowest BCUT2D eigenvalue weighted by atomic mass is 9.54. The van der Waals surface area contributed by atoms with Crippen molar-refractivity contribution in [2.24, 2.45) is 35.0 Å². The topological polar surface area (TPSA) is 55.4 Å². The molecule has 1 N–H and O–H groups in total. The maximum Gasteiger partial charge on any atom is 0.303 e. The third kappa shape index (κ3) is 4.52. The molecule has 1 aromatic carbocycles. The van der Waals surface area contributed by atoms with E-state index in [1.807, 2.05) is 24.3 Å². The average Bonchev–Trinajstić information content (AvgIpc) is 3.06. The summed E-state index contributed by atoms with van der Waals surface area (Å²) < 4.78 is 6.02. The van der Waals surface area contributed by atoms with E-state index in [-0.39, 0.29) is 35.7 Å². The predicted octanol–water partition coefficient (Wildman–Crippen LogP) is 5.65. The minimum absolute atomic E-state index is 0.000436. The Hall–Kier alpha value is -2.62. The highest BCUT2D eigenvalue weighted by atomic mass is 16.5. The van der Waals surface area contributed by atoms with Crippen LogP contribution in [0.1, 0.15) is 53.0 Å². The van der Waals surface area contributed by atoms with Crippen LogP contribution in [0.2, 0.25) is 0 Å². The number of hydrogen-bond donors (Lipinski definition) is 1. The van der Waals surface area contributed by atoms with Gasteiger partial charge >= 0.3 is 5.97 Å². The van der Waals surface area contributed by atoms with E-state index < -0.39 is 11.5 Å². The first-order valence-electron chi connectivity index (χ1n) is 12.8. The molecule has 0 aromatic heterocycles. The molecule has 1 aromatic rings. The number of allylic oxidation sites excluding steroid dienone is 5. The number of carbonyl (C=O) groups excluding carboxylic acids is 2. The van der Waals surface area contributed by atoms with Crippen LogP contribution < -0.4 is 5.32 Å². The summed E-state index contributed by atoms with van der Waals surface area (Å²) in [4.78, 5) is 26.4. The van der Waals surface area contributed by atoms with Gasteiger partial charge < -0.3 is 10.1 Å². The number of hydrogen-bond acceptors (Lipinski definition) is 3. The highest BCUT2D eigenvalue weighted by Gasteiger charge is 2.65. The molecule has 8 atom stereocenters. The molecule has 0 bridgehead atoms. The van der Waals surface area contributed by atoms with Crippen molar-refractivity contribution in [3.05, 3.63) is 71.8 Å². The van der Waals surface area contributed by atoms with E-state index in [0.717, 1.165) is 19.3 Å². The van der Waals surface area contributed by atoms with Crippen LogP contribution in [0.25, 0.3) is 0 Å². The summed E-state index contributed by atoms with van der Waals surface area (Å²) in [7, 11) is 0. The number of rotatable bonds is 3. The number of esters is 1. The maximum atomic E-state index is 14.1. The van der Waals surface area contributed by atoms with Gasteiger partial charge in [-0.05, 0) is 55.6 Å². The summed E-state index contributed by atoms with van der Waals surface area (Å²) in [6.45, 7) is 10.3. The Labute approximate surface area is 204 Å². The molecule has 3 aliphatic rings. The Bertz CT molecular complexity index is 994. The van der Waals surface area contributed by atoms with Gasteiger partial charge in [-0.2, -0.15) is 0 Å². The molecule has 1 spiro atoms. The standard InChI is InChI=1S/C30H39NO3/c1-19-10-9-13-25-17-21(3)22(4)28-26(18-24-11-7-6-8-12-24)31-29(33)30(25,28)27(34-23(5)32)15-14-20(2)16-19/h6-9,11-15,17,19-20,22,25-28H,10,16,18H2,1-5H3,(H,31,33). The van der Waals surface area contributed by atoms with E-state index in [4.69, 9.17) is 4.74 Å². The Morgan fingerprint density at radius 3 is 2.56 bits per heavy atom. The zero-order valence-corrected chi connectivity index (χ0v) is 21.2. The van der Waals surface area contributed by atoms with Crippen molar-refractivity contribution in [2.45, 2.75) is 66.0 Å². The summed E-state index contributed by atoms with van der Waals surface area (Å²) in [6, 6.07) is 10.3. The first-order valence-corrected chi connectivity index (χ1v) is 12.8. The molecule has 2 aliphatic carbocycles. The van der Waals surface area contributed by atoms with Gasteiger partial charge in [0.15, 0.2) is 0 Å². The maximum absolute atomic E-state index is 14.1. The van der Waals surface area contributed by atoms with Crippen LogP contribution in [-0.2, 0) is 20.7 Å². The van der Waals surface area contributed by atoms with Gasteiger partial charge in [-0.3, -0.25) is 9.59 Å². The van der Waals surface area contributed by atoms with E-state index in [9.17, 15) is 9.59 Å². The number of carbonyl (C=O) groups is 2. The van der Waals surface area contributed by atoms with Crippen molar-refractivity contribution in [3.63, 3.8) is 0 Å². The molecule has 1 aliphatic heterocycles. The number of nitrogens with one attached hydrogen (secondary N) is 1. The molecule has 1 amide bonds. The summed E-state index contributed by atoms with van der Waals surface area (Å²) in [5.74, 6) is 0.593. The molecule has 1 fully saturated rings. The summed E-state index contributed by atoms with van der Waals surface area (Å²) in [5.41, 5.74) is 1.63. The molecule has 0 saturated carbocycles. The first-order chi connectivity index (χ1) is 16.2. The van der Waals surface area contributed by atoms with Gasteiger partial charge in [0.1, 0.15) is 11.5 Å². The molecule has 8 unspecified atom stereocenters. The van der Waals surface area contributed by atoms with E-state index in [1.165, 1.54) is 18.1 Å². The monoisotopic (exact) mass is 461 g/mol. The number of ether oxygens (including phenoxy) is 1. The smallest absolute Gasteiger partial charge is 0.303 e. The fourth-order valence-corrected chi connectivity index (χ4v) is 6.66. The molecule has 1 saturated heterocycles. The van der Waals surface area contributed by atoms with Gasteiger partial charge in [0, 0.05) is 24.8 Å². The van der Waals surface area contributed by atoms with Gasteiger partial charge in [-0.15, -0.1) is 0 Å². The van der Waals surface area contributed by atoms with Crippen LogP contribution in [0, 0.1) is 35.0 Å². The van der Waals surface area contributed by atoms with Crippen molar-refractivity contribution in [2.75, 3.05) is 0 Å². The second-order valence-corrected chi connectivity index (χ2v) is 10.9. The number of benzene rings is 1. The molecule has 4 rings (SSSR count). The Morgan fingerprint density at radius 2 is 1.85 bits per heavy atom. The van der Waals surface area contributed by atoms with Gasteiger partial charge in [-0.1, -0.05) is 81.0 Å². The van der Waals surface area contributed by atoms with Crippen LogP contribution in [0.5, 0.6) is 0 Å². The predicted molar refractivity (Wildman–Crippen MR) is 136 cm³/mol. The molecule has 4 nitrogen and oxygen atoms in total.